The van der Waals surface area contributed by atoms with Crippen LogP contribution in [0.4, 0.5) is 0 Å². The van der Waals surface area contributed by atoms with Crippen LogP contribution in [0.15, 0.2) is 148 Å². The van der Waals surface area contributed by atoms with Crippen LogP contribution in [0.25, 0.3) is 0 Å². The third-order valence-corrected chi connectivity index (χ3v) is 18.5. The molecule has 0 atom stereocenters. The zero-order valence-corrected chi connectivity index (χ0v) is 74.6. The van der Waals surface area contributed by atoms with E-state index in [1.807, 2.05) is 74.1 Å². The topological polar surface area (TPSA) is 155 Å². The molecule has 0 radical (unpaired) electrons. The molecule has 1 aromatic carbocycles. The zero-order valence-electron chi connectivity index (χ0n) is 74.6. The SMILES string of the molecule is CC(C)c1ccccc1C(C)C.CC(C)c1cccnc1C(C)C.CC(C)c1cccnc1C(C)C.CC(C)c1ccncc1C(C)C.CC(C)c1ccncc1C(C)C.CC(C)c1ccnnc1C(C)C.CC(C)c1cncnc1C(C)C.CC(C)c1cncnc1C(C)C.CC(C)c1cnncc1C(C)C. The monoisotopic (exact) mass is 1470 g/mol. The summed E-state index contributed by atoms with van der Waals surface area (Å²) >= 11 is 0. The first-order valence-corrected chi connectivity index (χ1v) is 40.7. The van der Waals surface area contributed by atoms with Gasteiger partial charge in [0.25, 0.3) is 0 Å². The first-order chi connectivity index (χ1) is 50.6. The predicted octanol–water partition coefficient (Wildman–Crippen LogP) is 28.1. The first kappa shape index (κ1) is 98.1. The number of nitrogens with zero attached hydrogens (tertiary/aromatic N) is 12. The molecule has 8 aromatic heterocycles. The molecule has 0 aliphatic heterocycles. The van der Waals surface area contributed by atoms with Crippen molar-refractivity contribution in [1.29, 1.82) is 0 Å². The van der Waals surface area contributed by atoms with Crippen LogP contribution in [0.3, 0.4) is 0 Å². The van der Waals surface area contributed by atoms with Crippen molar-refractivity contribution in [2.24, 2.45) is 0 Å². The molecule has 9 rings (SSSR count). The summed E-state index contributed by atoms with van der Waals surface area (Å²) in [7, 11) is 0. The average Bonchev–Trinajstić information content (AvgIpc) is 0.947. The van der Waals surface area contributed by atoms with Crippen LogP contribution in [0.2, 0.25) is 0 Å². The van der Waals surface area contributed by atoms with Gasteiger partial charge in [-0.2, -0.15) is 20.4 Å². The minimum atomic E-state index is 0.469. The van der Waals surface area contributed by atoms with Crippen molar-refractivity contribution in [2.45, 2.75) is 356 Å². The molecule has 0 amide bonds. The highest BCUT2D eigenvalue weighted by Gasteiger charge is 2.17. The number of pyridine rings is 4. The number of hydrogen-bond donors (Lipinski definition) is 0. The molecule has 0 saturated carbocycles. The lowest BCUT2D eigenvalue weighted by molar-refractivity contribution is 0.729. The van der Waals surface area contributed by atoms with Gasteiger partial charge >= 0.3 is 0 Å². The standard InChI is InChI=1S/C12H18.4C11H17N.4C10H16N2/c1-9(2)11-7-5-6-8-12(11)10(3)4;2*1-8(2)10-5-6-12-7-11(10)9(3)4;2*1-8(2)10-6-5-7-12-11(10)9(3)4;2*1-7(2)9-5-11-6-12-10(9)8(3)4;1-7(2)9-5-11-12-6-10(9)8(3)4;1-7(2)9-5-6-11-12-10(9)8(3)4/h5-10H,1-4H3;4*5-9H,1-4H3;4*5-8H,1-4H3. The van der Waals surface area contributed by atoms with Gasteiger partial charge in [0.05, 0.1) is 18.1 Å². The van der Waals surface area contributed by atoms with Gasteiger partial charge in [-0.1, -0.05) is 286 Å². The minimum absolute atomic E-state index is 0.469. The number of benzene rings is 1. The van der Waals surface area contributed by atoms with Crippen molar-refractivity contribution in [3.63, 3.8) is 0 Å². The Bertz CT molecular complexity index is 2820. The highest BCUT2D eigenvalue weighted by Crippen LogP contribution is 2.31. The van der Waals surface area contributed by atoms with Crippen molar-refractivity contribution in [3.05, 3.63) is 248 Å². The maximum atomic E-state index is 4.40. The molecule has 0 bridgehead atoms. The minimum Gasteiger partial charge on any atom is -0.264 e. The Hall–Kier alpha value is -7.86. The summed E-state index contributed by atoms with van der Waals surface area (Å²) in [6, 6.07) is 23.4. The molecule has 12 heteroatoms. The molecule has 0 N–H and O–H groups in total. The largest absolute Gasteiger partial charge is 0.264 e. The molecule has 0 saturated heterocycles. The molecule has 0 spiro atoms. The molecule has 9 aromatic rings. The molecule has 0 unspecified atom stereocenters. The second-order valence-corrected chi connectivity index (χ2v) is 33.9. The van der Waals surface area contributed by atoms with Gasteiger partial charge in [-0.3, -0.25) is 19.9 Å². The van der Waals surface area contributed by atoms with E-state index in [2.05, 4.69) is 364 Å². The molecule has 0 fully saturated rings. The van der Waals surface area contributed by atoms with Gasteiger partial charge in [-0.15, -0.1) is 0 Å². The summed E-state index contributed by atoms with van der Waals surface area (Å²) in [5.74, 6) is 9.97. The van der Waals surface area contributed by atoms with E-state index in [0.717, 1.165) is 5.69 Å². The summed E-state index contributed by atoms with van der Waals surface area (Å²) in [5, 5.41) is 15.8. The number of rotatable bonds is 18. The maximum absolute atomic E-state index is 4.40. The van der Waals surface area contributed by atoms with Crippen molar-refractivity contribution in [2.75, 3.05) is 0 Å². The lowest BCUT2D eigenvalue weighted by atomic mass is 9.91. The predicted molar refractivity (Wildman–Crippen MR) is 465 cm³/mol. The summed E-state index contributed by atoms with van der Waals surface area (Å²) in [4.78, 5) is 33.7. The van der Waals surface area contributed by atoms with E-state index < -0.39 is 0 Å². The van der Waals surface area contributed by atoms with Crippen molar-refractivity contribution >= 4 is 0 Å². The van der Waals surface area contributed by atoms with E-state index in [9.17, 15) is 0 Å². The van der Waals surface area contributed by atoms with Crippen LogP contribution in [-0.4, -0.2) is 60.3 Å². The Labute approximate surface area is 660 Å². The lowest BCUT2D eigenvalue weighted by Crippen LogP contribution is -2.02. The first-order valence-electron chi connectivity index (χ1n) is 40.7. The third-order valence-electron chi connectivity index (χ3n) is 18.5. The van der Waals surface area contributed by atoms with Crippen LogP contribution < -0.4 is 0 Å². The van der Waals surface area contributed by atoms with Gasteiger partial charge in [-0.05, 0) is 209 Å². The molecule has 0 aliphatic carbocycles. The molecular weight excluding hydrogens is 1320 g/mol. The molecule has 0 aliphatic rings. The van der Waals surface area contributed by atoms with Gasteiger partial charge in [0.1, 0.15) is 12.7 Å². The Balaban J connectivity index is 0.000000607. The van der Waals surface area contributed by atoms with Crippen LogP contribution in [0.1, 0.15) is 457 Å². The number of aromatic nitrogens is 12. The Morgan fingerprint density at radius 1 is 0.167 bits per heavy atom. The molecule has 594 valence electrons. The summed E-state index contributed by atoms with van der Waals surface area (Å²) in [6.07, 6.45) is 24.1. The van der Waals surface area contributed by atoms with E-state index in [0.29, 0.717) is 107 Å². The fourth-order valence-electron chi connectivity index (χ4n) is 12.4. The van der Waals surface area contributed by atoms with Crippen molar-refractivity contribution in [3.8, 4) is 0 Å². The highest BCUT2D eigenvalue weighted by atomic mass is 15.1. The second-order valence-electron chi connectivity index (χ2n) is 33.9. The average molecular weight is 1470 g/mol. The van der Waals surface area contributed by atoms with Crippen LogP contribution in [0, 0.1) is 0 Å². The van der Waals surface area contributed by atoms with Crippen LogP contribution >= 0.6 is 0 Å². The van der Waals surface area contributed by atoms with Gasteiger partial charge in [0.2, 0.25) is 0 Å². The molecule has 108 heavy (non-hydrogen) atoms. The van der Waals surface area contributed by atoms with Crippen molar-refractivity contribution in [1.82, 2.24) is 60.3 Å². The second kappa shape index (κ2) is 51.5. The van der Waals surface area contributed by atoms with E-state index >= 15 is 0 Å². The highest BCUT2D eigenvalue weighted by molar-refractivity contribution is 5.34. The van der Waals surface area contributed by atoms with Crippen molar-refractivity contribution < 1.29 is 0 Å². The van der Waals surface area contributed by atoms with Gasteiger partial charge in [0, 0.05) is 78.5 Å². The quantitative estimate of drug-likeness (QED) is 0.0803. The lowest BCUT2D eigenvalue weighted by Gasteiger charge is -2.14. The fraction of sp³-hybridized carbons (Fsp3) is 0.562. The maximum Gasteiger partial charge on any atom is 0.115 e. The fourth-order valence-corrected chi connectivity index (χ4v) is 12.4. The van der Waals surface area contributed by atoms with E-state index in [-0.39, 0.29) is 0 Å². The van der Waals surface area contributed by atoms with Gasteiger partial charge in [-0.25, -0.2) is 19.9 Å². The third kappa shape index (κ3) is 34.8. The smallest absolute Gasteiger partial charge is 0.115 e. The molecule has 8 heterocycles. The van der Waals surface area contributed by atoms with Gasteiger partial charge < -0.3 is 0 Å². The van der Waals surface area contributed by atoms with E-state index in [1.165, 1.54) is 95.1 Å². The zero-order chi connectivity index (χ0) is 82.2. The molecular formula is C96H150N12. The summed E-state index contributed by atoms with van der Waals surface area (Å²) in [5.41, 5.74) is 23.9. The number of hydrogen-bond acceptors (Lipinski definition) is 12. The molecule has 12 nitrogen and oxygen atoms in total. The van der Waals surface area contributed by atoms with Crippen LogP contribution in [0.5, 0.6) is 0 Å². The normalized spacial score (nSPS) is 11.2. The van der Waals surface area contributed by atoms with E-state index in [4.69, 9.17) is 0 Å². The Morgan fingerprint density at radius 2 is 0.398 bits per heavy atom. The van der Waals surface area contributed by atoms with E-state index in [1.54, 1.807) is 18.9 Å². The van der Waals surface area contributed by atoms with Crippen LogP contribution in [-0.2, 0) is 0 Å². The summed E-state index contributed by atoms with van der Waals surface area (Å²) < 4.78 is 0. The Kier molecular flexibility index (Phi) is 46.8. The van der Waals surface area contributed by atoms with Gasteiger partial charge in [0.15, 0.2) is 0 Å². The Morgan fingerprint density at radius 3 is 0.639 bits per heavy atom. The summed E-state index contributed by atoms with van der Waals surface area (Å²) in [6.45, 7) is 79.1.